The molecule has 1 heterocycles. The Bertz CT molecular complexity index is 350. The molecule has 4 heteroatoms. The second-order valence-electron chi connectivity index (χ2n) is 6.20. The Morgan fingerprint density at radius 1 is 1.15 bits per heavy atom. The molecule has 1 N–H and O–H groups in total. The third-order valence-electron chi connectivity index (χ3n) is 4.76. The molecule has 0 radical (unpaired) electrons. The molecular weight excluding hydrogens is 252 g/mol. The number of nitrogens with zero attached hydrogens (tertiary/aromatic N) is 1. The number of hydrogen-bond donors (Lipinski definition) is 1. The zero-order valence-electron chi connectivity index (χ0n) is 12.9. The molecule has 2 atom stereocenters. The van der Waals surface area contributed by atoms with E-state index in [4.69, 9.17) is 0 Å². The first kappa shape index (κ1) is 15.3. The van der Waals surface area contributed by atoms with Crippen LogP contribution < -0.4 is 5.32 Å². The Hall–Kier alpha value is -1.06. The van der Waals surface area contributed by atoms with E-state index in [-0.39, 0.29) is 23.9 Å². The maximum atomic E-state index is 12.6. The SMILES string of the molecule is CCCCN1C(=O)C(CC)NC(=O)C1C1CCCCC1. The van der Waals surface area contributed by atoms with E-state index >= 15 is 0 Å². The van der Waals surface area contributed by atoms with Crippen LogP contribution in [0.1, 0.15) is 65.2 Å². The summed E-state index contributed by atoms with van der Waals surface area (Å²) in [6.45, 7) is 4.82. The highest BCUT2D eigenvalue weighted by Crippen LogP contribution is 2.31. The van der Waals surface area contributed by atoms with Gasteiger partial charge in [0.05, 0.1) is 0 Å². The molecule has 1 aliphatic carbocycles. The quantitative estimate of drug-likeness (QED) is 0.841. The summed E-state index contributed by atoms with van der Waals surface area (Å²) in [6.07, 6.45) is 8.56. The number of piperazine rings is 1. The van der Waals surface area contributed by atoms with Crippen LogP contribution in [-0.4, -0.2) is 35.3 Å². The maximum Gasteiger partial charge on any atom is 0.245 e. The molecule has 0 spiro atoms. The smallest absolute Gasteiger partial charge is 0.245 e. The van der Waals surface area contributed by atoms with Crippen molar-refractivity contribution in [2.24, 2.45) is 5.92 Å². The molecule has 114 valence electrons. The molecule has 0 aromatic rings. The minimum atomic E-state index is -0.306. The summed E-state index contributed by atoms with van der Waals surface area (Å²) < 4.78 is 0. The second kappa shape index (κ2) is 7.09. The molecule has 1 saturated heterocycles. The Morgan fingerprint density at radius 2 is 1.85 bits per heavy atom. The van der Waals surface area contributed by atoms with Gasteiger partial charge in [0, 0.05) is 6.54 Å². The number of carbonyl (C=O) groups is 2. The van der Waals surface area contributed by atoms with E-state index in [1.807, 2.05) is 11.8 Å². The number of carbonyl (C=O) groups excluding carboxylic acids is 2. The van der Waals surface area contributed by atoms with E-state index in [1.54, 1.807) is 0 Å². The molecule has 2 unspecified atom stereocenters. The molecule has 2 fully saturated rings. The lowest BCUT2D eigenvalue weighted by molar-refractivity contribution is -0.152. The summed E-state index contributed by atoms with van der Waals surface area (Å²) in [4.78, 5) is 26.9. The van der Waals surface area contributed by atoms with Gasteiger partial charge >= 0.3 is 0 Å². The molecule has 1 aliphatic heterocycles. The zero-order valence-corrected chi connectivity index (χ0v) is 12.9. The third-order valence-corrected chi connectivity index (χ3v) is 4.76. The molecule has 0 aromatic heterocycles. The van der Waals surface area contributed by atoms with E-state index in [1.165, 1.54) is 19.3 Å². The third kappa shape index (κ3) is 3.15. The molecule has 2 rings (SSSR count). The van der Waals surface area contributed by atoms with Crippen molar-refractivity contribution in [1.29, 1.82) is 0 Å². The average molecular weight is 280 g/mol. The van der Waals surface area contributed by atoms with Gasteiger partial charge in [-0.05, 0) is 31.6 Å². The van der Waals surface area contributed by atoms with Crippen LogP contribution in [0.5, 0.6) is 0 Å². The molecule has 20 heavy (non-hydrogen) atoms. The van der Waals surface area contributed by atoms with Gasteiger partial charge in [-0.1, -0.05) is 39.5 Å². The van der Waals surface area contributed by atoms with Gasteiger partial charge in [0.15, 0.2) is 0 Å². The lowest BCUT2D eigenvalue weighted by Gasteiger charge is -2.43. The van der Waals surface area contributed by atoms with Crippen molar-refractivity contribution in [1.82, 2.24) is 10.2 Å². The van der Waals surface area contributed by atoms with Gasteiger partial charge in [-0.15, -0.1) is 0 Å². The van der Waals surface area contributed by atoms with Gasteiger partial charge in [-0.2, -0.15) is 0 Å². The van der Waals surface area contributed by atoms with Crippen LogP contribution in [0, 0.1) is 5.92 Å². The topological polar surface area (TPSA) is 49.4 Å². The molecule has 0 bridgehead atoms. The van der Waals surface area contributed by atoms with E-state index in [0.29, 0.717) is 12.3 Å². The molecule has 4 nitrogen and oxygen atoms in total. The highest BCUT2D eigenvalue weighted by molar-refractivity contribution is 5.97. The Labute approximate surface area is 122 Å². The number of amides is 2. The van der Waals surface area contributed by atoms with Crippen LogP contribution in [-0.2, 0) is 9.59 Å². The summed E-state index contributed by atoms with van der Waals surface area (Å²) in [5.41, 5.74) is 0. The van der Waals surface area contributed by atoms with Crippen molar-refractivity contribution in [3.05, 3.63) is 0 Å². The van der Waals surface area contributed by atoms with Crippen LogP contribution in [0.3, 0.4) is 0 Å². The normalized spacial score (nSPS) is 28.6. The lowest BCUT2D eigenvalue weighted by Crippen LogP contribution is -2.65. The number of nitrogens with one attached hydrogen (secondary N) is 1. The van der Waals surface area contributed by atoms with Crippen molar-refractivity contribution in [2.45, 2.75) is 77.3 Å². The summed E-state index contributed by atoms with van der Waals surface area (Å²) in [6, 6.07) is -0.517. The first-order valence-electron chi connectivity index (χ1n) is 8.29. The van der Waals surface area contributed by atoms with Crippen molar-refractivity contribution in [3.8, 4) is 0 Å². The fourth-order valence-corrected chi connectivity index (χ4v) is 3.57. The Kier molecular flexibility index (Phi) is 5.44. The first-order valence-corrected chi connectivity index (χ1v) is 8.29. The fraction of sp³-hybridized carbons (Fsp3) is 0.875. The van der Waals surface area contributed by atoms with Gasteiger partial charge in [0.25, 0.3) is 0 Å². The van der Waals surface area contributed by atoms with Crippen LogP contribution in [0.25, 0.3) is 0 Å². The predicted molar refractivity (Wildman–Crippen MR) is 79.2 cm³/mol. The summed E-state index contributed by atoms with van der Waals surface area (Å²) in [7, 11) is 0. The van der Waals surface area contributed by atoms with Gasteiger partial charge in [-0.3, -0.25) is 9.59 Å². The van der Waals surface area contributed by atoms with Crippen molar-refractivity contribution in [3.63, 3.8) is 0 Å². The molecule has 2 amide bonds. The minimum absolute atomic E-state index is 0.0828. The number of unbranched alkanes of at least 4 members (excludes halogenated alkanes) is 1. The van der Waals surface area contributed by atoms with Crippen LogP contribution in [0.2, 0.25) is 0 Å². The van der Waals surface area contributed by atoms with Gasteiger partial charge in [0.2, 0.25) is 11.8 Å². The van der Waals surface area contributed by atoms with E-state index in [2.05, 4.69) is 12.2 Å². The Balaban J connectivity index is 2.15. The average Bonchev–Trinajstić information content (AvgIpc) is 2.48. The van der Waals surface area contributed by atoms with E-state index in [9.17, 15) is 9.59 Å². The van der Waals surface area contributed by atoms with Crippen LogP contribution in [0.4, 0.5) is 0 Å². The molecular formula is C16H28N2O2. The summed E-state index contributed by atoms with van der Waals surface area (Å²) >= 11 is 0. The largest absolute Gasteiger partial charge is 0.343 e. The maximum absolute atomic E-state index is 12.6. The molecule has 2 aliphatic rings. The monoisotopic (exact) mass is 280 g/mol. The predicted octanol–water partition coefficient (Wildman–Crippen LogP) is 2.47. The standard InChI is InChI=1S/C16H28N2O2/c1-3-5-11-18-14(12-9-7-6-8-10-12)15(19)17-13(4-2)16(18)20/h12-14H,3-11H2,1-2H3,(H,17,19). The van der Waals surface area contributed by atoms with Gasteiger partial charge < -0.3 is 10.2 Å². The minimum Gasteiger partial charge on any atom is -0.343 e. The molecule has 0 aromatic carbocycles. The fourth-order valence-electron chi connectivity index (χ4n) is 3.57. The van der Waals surface area contributed by atoms with Crippen LogP contribution >= 0.6 is 0 Å². The van der Waals surface area contributed by atoms with Gasteiger partial charge in [-0.25, -0.2) is 0 Å². The van der Waals surface area contributed by atoms with E-state index < -0.39 is 0 Å². The number of hydrogen-bond acceptors (Lipinski definition) is 2. The zero-order chi connectivity index (χ0) is 14.5. The lowest BCUT2D eigenvalue weighted by atomic mass is 9.81. The Morgan fingerprint density at radius 3 is 2.45 bits per heavy atom. The highest BCUT2D eigenvalue weighted by atomic mass is 16.2. The highest BCUT2D eigenvalue weighted by Gasteiger charge is 2.43. The summed E-state index contributed by atoms with van der Waals surface area (Å²) in [5, 5.41) is 2.94. The van der Waals surface area contributed by atoms with Crippen LogP contribution in [0.15, 0.2) is 0 Å². The van der Waals surface area contributed by atoms with Crippen molar-refractivity contribution >= 4 is 11.8 Å². The van der Waals surface area contributed by atoms with E-state index in [0.717, 1.165) is 32.2 Å². The summed E-state index contributed by atoms with van der Waals surface area (Å²) in [5.74, 6) is 0.581. The first-order chi connectivity index (χ1) is 9.69. The molecule has 1 saturated carbocycles. The van der Waals surface area contributed by atoms with Crippen molar-refractivity contribution < 1.29 is 9.59 Å². The number of rotatable bonds is 5. The second-order valence-corrected chi connectivity index (χ2v) is 6.20. The van der Waals surface area contributed by atoms with Crippen molar-refractivity contribution in [2.75, 3.05) is 6.54 Å². The van der Waals surface area contributed by atoms with Gasteiger partial charge in [0.1, 0.15) is 12.1 Å².